The number of hydrogen-bond acceptors (Lipinski definition) is 3. The lowest BCUT2D eigenvalue weighted by molar-refractivity contribution is -0.115. The summed E-state index contributed by atoms with van der Waals surface area (Å²) in [6.45, 7) is 2.11. The number of hydrogen-bond donors (Lipinski definition) is 2. The van der Waals surface area contributed by atoms with Crippen molar-refractivity contribution in [2.45, 2.75) is 13.0 Å². The molecular formula is C11H13ClN2O2. The number of nitrogens with one attached hydrogen (secondary N) is 1. The van der Waals surface area contributed by atoms with E-state index in [0.717, 1.165) is 11.4 Å². The molecule has 1 aliphatic rings. The van der Waals surface area contributed by atoms with Crippen LogP contribution in [-0.2, 0) is 4.79 Å². The van der Waals surface area contributed by atoms with Gasteiger partial charge in [0.2, 0.25) is 5.91 Å². The first-order valence-electron chi connectivity index (χ1n) is 5.08. The number of aliphatic hydroxyl groups excluding tert-OH is 1. The second-order valence-corrected chi connectivity index (χ2v) is 4.31. The number of anilines is 2. The Labute approximate surface area is 98.8 Å². The van der Waals surface area contributed by atoms with Gasteiger partial charge in [0, 0.05) is 11.1 Å². The number of aliphatic hydroxyl groups is 1. The molecule has 86 valence electrons. The van der Waals surface area contributed by atoms with Crippen molar-refractivity contribution >= 4 is 28.9 Å². The van der Waals surface area contributed by atoms with E-state index in [1.807, 2.05) is 11.8 Å². The number of carbonyl (C=O) groups excluding carboxylic acids is 1. The van der Waals surface area contributed by atoms with Crippen LogP contribution in [-0.4, -0.2) is 30.2 Å². The molecule has 1 aliphatic heterocycles. The summed E-state index contributed by atoms with van der Waals surface area (Å²) in [6, 6.07) is 5.19. The molecule has 2 N–H and O–H groups in total. The average Bonchev–Trinajstić information content (AvgIpc) is 2.27. The first-order valence-corrected chi connectivity index (χ1v) is 5.46. The molecule has 1 unspecified atom stereocenters. The van der Waals surface area contributed by atoms with Gasteiger partial charge in [-0.15, -0.1) is 0 Å². The first-order chi connectivity index (χ1) is 7.61. The molecule has 1 amide bonds. The Morgan fingerprint density at radius 2 is 2.38 bits per heavy atom. The van der Waals surface area contributed by atoms with Gasteiger partial charge in [-0.2, -0.15) is 0 Å². The van der Waals surface area contributed by atoms with E-state index in [-0.39, 0.29) is 25.1 Å². The topological polar surface area (TPSA) is 52.6 Å². The molecule has 0 spiro atoms. The molecular weight excluding hydrogens is 228 g/mol. The van der Waals surface area contributed by atoms with Crippen LogP contribution >= 0.6 is 11.6 Å². The van der Waals surface area contributed by atoms with Crippen molar-refractivity contribution in [3.05, 3.63) is 23.2 Å². The Morgan fingerprint density at radius 1 is 1.62 bits per heavy atom. The van der Waals surface area contributed by atoms with Crippen molar-refractivity contribution in [2.24, 2.45) is 0 Å². The quantitative estimate of drug-likeness (QED) is 0.823. The molecule has 0 saturated carbocycles. The van der Waals surface area contributed by atoms with Crippen LogP contribution in [0.25, 0.3) is 0 Å². The van der Waals surface area contributed by atoms with E-state index in [4.69, 9.17) is 16.7 Å². The van der Waals surface area contributed by atoms with Crippen LogP contribution in [0, 0.1) is 0 Å². The highest BCUT2D eigenvalue weighted by atomic mass is 35.5. The lowest BCUT2D eigenvalue weighted by Crippen LogP contribution is -2.44. The molecule has 2 rings (SSSR count). The van der Waals surface area contributed by atoms with Crippen molar-refractivity contribution in [3.8, 4) is 0 Å². The molecule has 0 aromatic heterocycles. The summed E-state index contributed by atoms with van der Waals surface area (Å²) in [7, 11) is 0. The third kappa shape index (κ3) is 1.99. The number of nitrogens with zero attached hydrogens (tertiary/aromatic N) is 1. The van der Waals surface area contributed by atoms with Crippen LogP contribution in [0.4, 0.5) is 11.4 Å². The highest BCUT2D eigenvalue weighted by Gasteiger charge is 2.25. The minimum absolute atomic E-state index is 0.000761. The van der Waals surface area contributed by atoms with Crippen molar-refractivity contribution < 1.29 is 9.90 Å². The lowest BCUT2D eigenvalue weighted by atomic mass is 10.1. The summed E-state index contributed by atoms with van der Waals surface area (Å²) in [4.78, 5) is 13.3. The monoisotopic (exact) mass is 240 g/mol. The van der Waals surface area contributed by atoms with Crippen LogP contribution in [0.1, 0.15) is 6.92 Å². The largest absolute Gasteiger partial charge is 0.394 e. The fourth-order valence-corrected chi connectivity index (χ4v) is 1.94. The van der Waals surface area contributed by atoms with E-state index in [1.54, 1.807) is 18.2 Å². The van der Waals surface area contributed by atoms with Crippen LogP contribution in [0.15, 0.2) is 18.2 Å². The van der Waals surface area contributed by atoms with Gasteiger partial charge in [0.25, 0.3) is 0 Å². The first kappa shape index (κ1) is 11.2. The Kier molecular flexibility index (Phi) is 3.03. The summed E-state index contributed by atoms with van der Waals surface area (Å²) >= 11 is 5.92. The zero-order chi connectivity index (χ0) is 11.7. The maximum Gasteiger partial charge on any atom is 0.243 e. The molecule has 1 heterocycles. The number of benzene rings is 1. The summed E-state index contributed by atoms with van der Waals surface area (Å²) in [5.41, 5.74) is 1.59. The van der Waals surface area contributed by atoms with Crippen molar-refractivity contribution in [1.29, 1.82) is 0 Å². The molecule has 0 fully saturated rings. The van der Waals surface area contributed by atoms with Gasteiger partial charge in [0.1, 0.15) is 0 Å². The summed E-state index contributed by atoms with van der Waals surface area (Å²) < 4.78 is 0. The molecule has 0 saturated heterocycles. The van der Waals surface area contributed by atoms with Crippen LogP contribution in [0.3, 0.4) is 0 Å². The summed E-state index contributed by atoms with van der Waals surface area (Å²) in [5, 5.41) is 12.6. The molecule has 1 aromatic carbocycles. The number of fused-ring (bicyclic) bond motifs is 1. The van der Waals surface area contributed by atoms with Gasteiger partial charge in [-0.25, -0.2) is 0 Å². The van der Waals surface area contributed by atoms with Gasteiger partial charge in [-0.1, -0.05) is 11.6 Å². The Balaban J connectivity index is 2.43. The fraction of sp³-hybridized carbons (Fsp3) is 0.364. The predicted molar refractivity (Wildman–Crippen MR) is 64.0 cm³/mol. The molecule has 1 aromatic rings. The van der Waals surface area contributed by atoms with Crippen LogP contribution < -0.4 is 10.2 Å². The van der Waals surface area contributed by atoms with Gasteiger partial charge in [0.05, 0.1) is 24.5 Å². The van der Waals surface area contributed by atoms with E-state index < -0.39 is 0 Å². The van der Waals surface area contributed by atoms with Gasteiger partial charge in [-0.05, 0) is 25.1 Å². The molecule has 0 aliphatic carbocycles. The summed E-state index contributed by atoms with van der Waals surface area (Å²) in [5.74, 6) is -0.0740. The molecule has 1 atom stereocenters. The van der Waals surface area contributed by atoms with E-state index in [2.05, 4.69) is 5.32 Å². The van der Waals surface area contributed by atoms with Crippen molar-refractivity contribution in [1.82, 2.24) is 0 Å². The standard InChI is InChI=1S/C11H13ClN2O2/c1-7(6-15)14-5-11(16)13-9-3-2-8(12)4-10(9)14/h2-4,7,15H,5-6H2,1H3,(H,13,16). The van der Waals surface area contributed by atoms with Crippen molar-refractivity contribution in [2.75, 3.05) is 23.4 Å². The average molecular weight is 241 g/mol. The Bertz CT molecular complexity index is 422. The predicted octanol–water partition coefficient (Wildman–Crippen LogP) is 1.48. The van der Waals surface area contributed by atoms with E-state index >= 15 is 0 Å². The third-order valence-corrected chi connectivity index (χ3v) is 2.89. The molecule has 0 bridgehead atoms. The van der Waals surface area contributed by atoms with Gasteiger partial charge >= 0.3 is 0 Å². The highest BCUT2D eigenvalue weighted by molar-refractivity contribution is 6.31. The van der Waals surface area contributed by atoms with E-state index in [1.165, 1.54) is 0 Å². The highest BCUT2D eigenvalue weighted by Crippen LogP contribution is 2.33. The second kappa shape index (κ2) is 4.31. The zero-order valence-electron chi connectivity index (χ0n) is 8.90. The SMILES string of the molecule is CC(CO)N1CC(=O)Nc2ccc(Cl)cc21. The van der Waals surface area contributed by atoms with Crippen molar-refractivity contribution in [3.63, 3.8) is 0 Å². The number of rotatable bonds is 2. The maximum atomic E-state index is 11.5. The third-order valence-electron chi connectivity index (χ3n) is 2.65. The van der Waals surface area contributed by atoms with E-state index in [9.17, 15) is 4.79 Å². The van der Waals surface area contributed by atoms with Crippen LogP contribution in [0.2, 0.25) is 5.02 Å². The maximum absolute atomic E-state index is 11.5. The normalized spacial score (nSPS) is 16.7. The van der Waals surface area contributed by atoms with Gasteiger partial charge in [0.15, 0.2) is 0 Å². The minimum atomic E-state index is -0.108. The molecule has 0 radical (unpaired) electrons. The van der Waals surface area contributed by atoms with E-state index in [0.29, 0.717) is 5.02 Å². The second-order valence-electron chi connectivity index (χ2n) is 3.87. The number of amides is 1. The zero-order valence-corrected chi connectivity index (χ0v) is 9.66. The number of carbonyl (C=O) groups is 1. The molecule has 4 nitrogen and oxygen atoms in total. The van der Waals surface area contributed by atoms with Crippen LogP contribution in [0.5, 0.6) is 0 Å². The minimum Gasteiger partial charge on any atom is -0.394 e. The smallest absolute Gasteiger partial charge is 0.243 e. The summed E-state index contributed by atoms with van der Waals surface area (Å²) in [6.07, 6.45) is 0. The number of halogens is 1. The molecule has 16 heavy (non-hydrogen) atoms. The van der Waals surface area contributed by atoms with Gasteiger partial charge in [-0.3, -0.25) is 4.79 Å². The molecule has 5 heteroatoms. The Hall–Kier alpha value is -1.26. The van der Waals surface area contributed by atoms with Gasteiger partial charge < -0.3 is 15.3 Å². The Morgan fingerprint density at radius 3 is 3.06 bits per heavy atom. The lowest BCUT2D eigenvalue weighted by Gasteiger charge is -2.34. The fourth-order valence-electron chi connectivity index (χ4n) is 1.77.